The fourth-order valence-corrected chi connectivity index (χ4v) is 6.62. The predicted octanol–water partition coefficient (Wildman–Crippen LogP) is 7.83. The largest absolute Gasteiger partial charge is 0.458 e. The molecular formula is C39H17BF20N2O2. The van der Waals surface area contributed by atoms with Crippen molar-refractivity contribution >= 4 is 34.0 Å². The maximum Gasteiger partial charge on any atom is 0.405 e. The van der Waals surface area contributed by atoms with Crippen LogP contribution in [-0.2, 0) is 11.3 Å². The highest BCUT2D eigenvalue weighted by atomic mass is 19.2. The van der Waals surface area contributed by atoms with Gasteiger partial charge in [-0.25, -0.2) is 92.6 Å². The van der Waals surface area contributed by atoms with Gasteiger partial charge in [0, 0.05) is 5.56 Å². The second-order valence-corrected chi connectivity index (χ2v) is 13.0. The van der Waals surface area contributed by atoms with Crippen molar-refractivity contribution in [2.75, 3.05) is 6.61 Å². The van der Waals surface area contributed by atoms with Gasteiger partial charge in [0.05, 0.1) is 12.8 Å². The molecule has 0 spiro atoms. The third-order valence-corrected chi connectivity index (χ3v) is 9.39. The van der Waals surface area contributed by atoms with Crippen LogP contribution in [0.2, 0.25) is 0 Å². The van der Waals surface area contributed by atoms with Crippen LogP contribution in [0.1, 0.15) is 29.4 Å². The predicted molar refractivity (Wildman–Crippen MR) is 180 cm³/mol. The van der Waals surface area contributed by atoms with E-state index in [2.05, 4.69) is 4.98 Å². The molecule has 0 N–H and O–H groups in total. The summed E-state index contributed by atoms with van der Waals surface area (Å²) in [6.45, 7) is 3.02. The highest BCUT2D eigenvalue weighted by Crippen LogP contribution is 2.30. The van der Waals surface area contributed by atoms with Gasteiger partial charge in [-0.1, -0.05) is 37.3 Å². The Bertz CT molecular complexity index is 2450. The number of halogens is 20. The summed E-state index contributed by atoms with van der Waals surface area (Å²) in [5, 5.41) is 0. The first-order valence-corrected chi connectivity index (χ1v) is 17.3. The van der Waals surface area contributed by atoms with E-state index < -0.39 is 144 Å². The Labute approximate surface area is 343 Å². The van der Waals surface area contributed by atoms with Crippen LogP contribution in [0.15, 0.2) is 48.9 Å². The number of aromatic nitrogens is 2. The number of hydrogen-bond acceptors (Lipinski definition) is 3. The van der Waals surface area contributed by atoms with E-state index in [1.165, 1.54) is 0 Å². The van der Waals surface area contributed by atoms with Crippen LogP contribution in [0.4, 0.5) is 87.8 Å². The first-order valence-electron chi connectivity index (χ1n) is 17.3. The molecule has 0 fully saturated rings. The van der Waals surface area contributed by atoms with Gasteiger partial charge in [-0.2, -0.15) is 4.57 Å². The molecule has 0 amide bonds. The molecule has 0 aliphatic rings. The van der Waals surface area contributed by atoms with Gasteiger partial charge in [-0.3, -0.25) is 4.98 Å². The van der Waals surface area contributed by atoms with Crippen LogP contribution in [0.3, 0.4) is 0 Å². The van der Waals surface area contributed by atoms with E-state index in [1.54, 1.807) is 18.6 Å². The van der Waals surface area contributed by atoms with Gasteiger partial charge in [0.1, 0.15) is 58.9 Å². The van der Waals surface area contributed by atoms with Crippen molar-refractivity contribution < 1.29 is 102 Å². The molecule has 1 heterocycles. The van der Waals surface area contributed by atoms with Gasteiger partial charge in [0.25, 0.3) is 0 Å². The summed E-state index contributed by atoms with van der Waals surface area (Å²) in [6, 6.07) is 9.97. The Morgan fingerprint density at radius 3 is 1.08 bits per heavy atom. The monoisotopic (exact) mass is 936 g/mol. The van der Waals surface area contributed by atoms with Crippen molar-refractivity contribution in [3.8, 4) is 0 Å². The molecule has 0 bridgehead atoms. The fraction of sp³-hybridized carbons (Fsp3) is 0.103. The molecule has 6 rings (SSSR count). The molecule has 25 heteroatoms. The topological polar surface area (TPSA) is 43.1 Å². The van der Waals surface area contributed by atoms with Crippen LogP contribution in [0, 0.1) is 116 Å². The smallest absolute Gasteiger partial charge is 0.405 e. The van der Waals surface area contributed by atoms with Gasteiger partial charge in [0.2, 0.25) is 0 Å². The zero-order valence-electron chi connectivity index (χ0n) is 31.1. The van der Waals surface area contributed by atoms with Gasteiger partial charge in [-0.15, -0.1) is 21.9 Å². The second-order valence-electron chi connectivity index (χ2n) is 13.0. The maximum absolute atomic E-state index is 15.4. The Balaban J connectivity index is 0.000000337. The SMILES string of the molecule is CCCOC(=O)c1cncc[n+]1Cc1ccccc1.Fc1c(F)c(F)c([B-](c2c(F)c(F)c(F)c(F)c2F)(c2c(F)c(F)c(F)c(F)c2F)c2c(F)c(F)c(F)c(F)c2F)c(F)c1F. The number of nitrogens with zero attached hydrogens (tertiary/aromatic N) is 2. The number of benzene rings is 5. The van der Waals surface area contributed by atoms with Crippen molar-refractivity contribution in [2.45, 2.75) is 19.9 Å². The van der Waals surface area contributed by atoms with Gasteiger partial charge < -0.3 is 4.74 Å². The summed E-state index contributed by atoms with van der Waals surface area (Å²) in [5.41, 5.74) is -12.7. The third-order valence-electron chi connectivity index (χ3n) is 9.39. The first-order chi connectivity index (χ1) is 30.0. The second kappa shape index (κ2) is 18.6. The molecule has 1 aromatic heterocycles. The van der Waals surface area contributed by atoms with Crippen LogP contribution >= 0.6 is 0 Å². The highest BCUT2D eigenvalue weighted by Gasteiger charge is 2.52. The quantitative estimate of drug-likeness (QED) is 0.0371. The van der Waals surface area contributed by atoms with Crippen LogP contribution in [-0.4, -0.2) is 23.7 Å². The molecule has 0 atom stereocenters. The standard InChI is InChI=1S/C24BF20.C15H17N2O2/c26-5-1(6(27)14(35)21(42)13(5)34)25(2-7(28)15(36)22(43)16(37)8(2)29,3-9(30)17(38)23(44)18(39)10(3)31)4-11(32)19(40)24(45)20(41)12(4)33;1-2-10-19-15(18)14-11-16-8-9-17(14)12-13-6-4-3-5-7-13/h;3-9,11H,2,10,12H2,1H3/q-1;+1. The van der Waals surface area contributed by atoms with E-state index in [1.807, 2.05) is 41.8 Å². The molecule has 0 aliphatic heterocycles. The summed E-state index contributed by atoms with van der Waals surface area (Å²) >= 11 is 0. The minimum absolute atomic E-state index is 0.328. The van der Waals surface area contributed by atoms with Gasteiger partial charge in [0.15, 0.2) is 82.5 Å². The van der Waals surface area contributed by atoms with Gasteiger partial charge >= 0.3 is 11.7 Å². The van der Waals surface area contributed by atoms with Crippen molar-refractivity contribution in [1.82, 2.24) is 4.98 Å². The summed E-state index contributed by atoms with van der Waals surface area (Å²) in [6.07, 6.45) is -1.41. The lowest BCUT2D eigenvalue weighted by Crippen LogP contribution is -2.81. The van der Waals surface area contributed by atoms with Crippen molar-refractivity contribution in [3.63, 3.8) is 0 Å². The molecule has 0 saturated heterocycles. The minimum atomic E-state index is -7.22. The molecule has 5 aromatic carbocycles. The number of hydrogen-bond donors (Lipinski definition) is 0. The number of carbonyl (C=O) groups excluding carboxylic acids is 1. The zero-order valence-corrected chi connectivity index (χ0v) is 31.1. The molecule has 0 unspecified atom stereocenters. The number of carbonyl (C=O) groups is 1. The van der Waals surface area contributed by atoms with Crippen molar-refractivity contribution in [1.29, 1.82) is 0 Å². The zero-order chi connectivity index (χ0) is 47.9. The molecule has 64 heavy (non-hydrogen) atoms. The molecule has 0 saturated carbocycles. The van der Waals surface area contributed by atoms with Crippen molar-refractivity contribution in [2.24, 2.45) is 0 Å². The fourth-order valence-electron chi connectivity index (χ4n) is 6.62. The lowest BCUT2D eigenvalue weighted by atomic mass is 9.12. The Hall–Kier alpha value is -6.69. The molecule has 6 aromatic rings. The normalized spacial score (nSPS) is 11.5. The average Bonchev–Trinajstić information content (AvgIpc) is 3.28. The maximum atomic E-state index is 15.4. The molecular weight excluding hydrogens is 919 g/mol. The summed E-state index contributed by atoms with van der Waals surface area (Å²) in [5.74, 6) is -71.7. The van der Waals surface area contributed by atoms with Crippen molar-refractivity contribution in [3.05, 3.63) is 177 Å². The Morgan fingerprint density at radius 1 is 0.484 bits per heavy atom. The number of esters is 1. The van der Waals surface area contributed by atoms with E-state index in [0.717, 1.165) is 12.0 Å². The van der Waals surface area contributed by atoms with E-state index in [4.69, 9.17) is 4.74 Å². The number of ether oxygens (including phenoxy) is 1. The summed E-state index contributed by atoms with van der Waals surface area (Å²) in [7, 11) is 0. The first kappa shape index (κ1) is 48.3. The van der Waals surface area contributed by atoms with Crippen LogP contribution in [0.5, 0.6) is 0 Å². The Morgan fingerprint density at radius 2 is 0.781 bits per heavy atom. The average molecular weight is 936 g/mol. The van der Waals surface area contributed by atoms with Crippen LogP contribution < -0.4 is 26.4 Å². The highest BCUT2D eigenvalue weighted by molar-refractivity contribution is 7.20. The van der Waals surface area contributed by atoms with E-state index in [-0.39, 0.29) is 5.97 Å². The summed E-state index contributed by atoms with van der Waals surface area (Å²) in [4.78, 5) is 15.9. The van der Waals surface area contributed by atoms with Gasteiger partial charge in [-0.05, 0) is 6.42 Å². The lowest BCUT2D eigenvalue weighted by Gasteiger charge is -2.44. The van der Waals surface area contributed by atoms with E-state index in [9.17, 15) is 57.5 Å². The van der Waals surface area contributed by atoms with Crippen LogP contribution in [0.25, 0.3) is 0 Å². The summed E-state index contributed by atoms with van der Waals surface area (Å²) < 4.78 is 301. The molecule has 4 nitrogen and oxygen atoms in total. The van der Waals surface area contributed by atoms with E-state index >= 15 is 35.1 Å². The molecule has 338 valence electrons. The minimum Gasteiger partial charge on any atom is -0.458 e. The third kappa shape index (κ3) is 7.84. The Kier molecular flexibility index (Phi) is 14.0. The number of rotatable bonds is 9. The lowest BCUT2D eigenvalue weighted by molar-refractivity contribution is -0.691. The molecule has 0 aliphatic carbocycles. The van der Waals surface area contributed by atoms with E-state index in [0.29, 0.717) is 18.8 Å². The molecule has 0 radical (unpaired) electrons.